The summed E-state index contributed by atoms with van der Waals surface area (Å²) in [5.74, 6) is 0. The van der Waals surface area contributed by atoms with Crippen LogP contribution in [0.15, 0.2) is 0 Å². The van der Waals surface area contributed by atoms with E-state index in [0.29, 0.717) is 6.10 Å². The van der Waals surface area contributed by atoms with Crippen LogP contribution in [0.3, 0.4) is 0 Å². The van der Waals surface area contributed by atoms with Gasteiger partial charge in [-0.15, -0.1) is 0 Å². The molecule has 3 heteroatoms. The molecule has 0 bridgehead atoms. The van der Waals surface area contributed by atoms with Crippen molar-refractivity contribution in [1.82, 2.24) is 0 Å². The molecular formula is C12H24O3. The lowest BCUT2D eigenvalue weighted by molar-refractivity contribution is 0.113. The van der Waals surface area contributed by atoms with E-state index in [1.807, 2.05) is 0 Å². The average molecular weight is 216 g/mol. The molecule has 0 aliphatic carbocycles. The smallest absolute Gasteiger partial charge is 0.104 e. The minimum absolute atomic E-state index is 0.416. The van der Waals surface area contributed by atoms with E-state index < -0.39 is 0 Å². The molecule has 1 aliphatic rings. The first-order chi connectivity index (χ1) is 7.43. The Morgan fingerprint density at radius 1 is 1.00 bits per heavy atom. The molecule has 0 aromatic rings. The van der Waals surface area contributed by atoms with E-state index in [0.717, 1.165) is 26.4 Å². The lowest BCUT2D eigenvalue weighted by Gasteiger charge is -2.02. The molecule has 0 spiro atoms. The molecule has 1 atom stereocenters. The SMILES string of the molecule is COCCCCCCCCOCC1CO1. The monoisotopic (exact) mass is 216 g/mol. The largest absolute Gasteiger partial charge is 0.385 e. The van der Waals surface area contributed by atoms with Crippen molar-refractivity contribution in [3.8, 4) is 0 Å². The van der Waals surface area contributed by atoms with Gasteiger partial charge in [0.1, 0.15) is 6.10 Å². The maximum absolute atomic E-state index is 5.46. The first-order valence-corrected chi connectivity index (χ1v) is 6.12. The van der Waals surface area contributed by atoms with Crippen LogP contribution in [0, 0.1) is 0 Å². The molecule has 0 aromatic heterocycles. The van der Waals surface area contributed by atoms with Crippen LogP contribution in [-0.4, -0.2) is 39.6 Å². The molecule has 1 heterocycles. The normalized spacial score (nSPS) is 19.4. The Labute approximate surface area is 93.1 Å². The van der Waals surface area contributed by atoms with Gasteiger partial charge in [0.2, 0.25) is 0 Å². The number of methoxy groups -OCH3 is 1. The van der Waals surface area contributed by atoms with E-state index in [9.17, 15) is 0 Å². The van der Waals surface area contributed by atoms with Crippen molar-refractivity contribution in [2.75, 3.05) is 33.5 Å². The summed E-state index contributed by atoms with van der Waals surface area (Å²) in [5, 5.41) is 0. The highest BCUT2D eigenvalue weighted by Gasteiger charge is 2.21. The number of hydrogen-bond donors (Lipinski definition) is 0. The minimum atomic E-state index is 0.416. The topological polar surface area (TPSA) is 31.0 Å². The van der Waals surface area contributed by atoms with E-state index >= 15 is 0 Å². The maximum atomic E-state index is 5.46. The van der Waals surface area contributed by atoms with Gasteiger partial charge in [0.05, 0.1) is 13.2 Å². The molecule has 15 heavy (non-hydrogen) atoms. The standard InChI is InChI=1S/C12H24O3/c1-13-8-6-4-2-3-5-7-9-14-10-12-11-15-12/h12H,2-11H2,1H3. The average Bonchev–Trinajstić information content (AvgIpc) is 3.05. The van der Waals surface area contributed by atoms with Gasteiger partial charge in [-0.25, -0.2) is 0 Å². The number of hydrogen-bond acceptors (Lipinski definition) is 3. The van der Waals surface area contributed by atoms with Crippen molar-refractivity contribution >= 4 is 0 Å². The Bertz CT molecular complexity index is 135. The van der Waals surface area contributed by atoms with Gasteiger partial charge in [-0.2, -0.15) is 0 Å². The van der Waals surface area contributed by atoms with Gasteiger partial charge in [0, 0.05) is 20.3 Å². The third-order valence-corrected chi connectivity index (χ3v) is 2.59. The zero-order valence-corrected chi connectivity index (χ0v) is 9.87. The Hall–Kier alpha value is -0.120. The van der Waals surface area contributed by atoms with Crippen molar-refractivity contribution < 1.29 is 14.2 Å². The molecule has 1 saturated heterocycles. The number of unbranched alkanes of at least 4 members (excludes halogenated alkanes) is 5. The summed E-state index contributed by atoms with van der Waals surface area (Å²) in [7, 11) is 1.76. The van der Waals surface area contributed by atoms with E-state index in [2.05, 4.69) is 0 Å². The molecule has 3 nitrogen and oxygen atoms in total. The molecule has 1 rings (SSSR count). The minimum Gasteiger partial charge on any atom is -0.385 e. The summed E-state index contributed by atoms with van der Waals surface area (Å²) in [6.45, 7) is 3.51. The van der Waals surface area contributed by atoms with Crippen molar-refractivity contribution in [2.24, 2.45) is 0 Å². The van der Waals surface area contributed by atoms with E-state index in [1.54, 1.807) is 7.11 Å². The Balaban J connectivity index is 1.62. The fourth-order valence-corrected chi connectivity index (χ4v) is 1.54. The second-order valence-electron chi connectivity index (χ2n) is 4.14. The number of epoxide rings is 1. The Kier molecular flexibility index (Phi) is 7.88. The van der Waals surface area contributed by atoms with Gasteiger partial charge in [0.25, 0.3) is 0 Å². The fraction of sp³-hybridized carbons (Fsp3) is 1.00. The van der Waals surface area contributed by atoms with Gasteiger partial charge < -0.3 is 14.2 Å². The van der Waals surface area contributed by atoms with E-state index in [4.69, 9.17) is 14.2 Å². The quantitative estimate of drug-likeness (QED) is 0.392. The second kappa shape index (κ2) is 9.13. The van der Waals surface area contributed by atoms with Gasteiger partial charge in [-0.3, -0.25) is 0 Å². The number of ether oxygens (including phenoxy) is 3. The molecule has 0 radical (unpaired) electrons. The molecule has 0 N–H and O–H groups in total. The van der Waals surface area contributed by atoms with Crippen LogP contribution in [0.2, 0.25) is 0 Å². The third-order valence-electron chi connectivity index (χ3n) is 2.59. The van der Waals surface area contributed by atoms with Gasteiger partial charge in [-0.05, 0) is 12.8 Å². The van der Waals surface area contributed by atoms with Gasteiger partial charge >= 0.3 is 0 Å². The summed E-state index contributed by atoms with van der Waals surface area (Å²) in [4.78, 5) is 0. The van der Waals surface area contributed by atoms with Crippen LogP contribution in [0.1, 0.15) is 38.5 Å². The van der Waals surface area contributed by atoms with E-state index in [-0.39, 0.29) is 0 Å². The van der Waals surface area contributed by atoms with Crippen molar-refractivity contribution in [2.45, 2.75) is 44.6 Å². The lowest BCUT2D eigenvalue weighted by atomic mass is 10.1. The molecule has 1 unspecified atom stereocenters. The summed E-state index contributed by atoms with van der Waals surface area (Å²) in [5.41, 5.74) is 0. The Morgan fingerprint density at radius 3 is 2.20 bits per heavy atom. The van der Waals surface area contributed by atoms with Crippen molar-refractivity contribution in [1.29, 1.82) is 0 Å². The molecule has 0 amide bonds. The van der Waals surface area contributed by atoms with Crippen molar-refractivity contribution in [3.63, 3.8) is 0 Å². The van der Waals surface area contributed by atoms with Crippen LogP contribution in [0.25, 0.3) is 0 Å². The molecular weight excluding hydrogens is 192 g/mol. The van der Waals surface area contributed by atoms with Gasteiger partial charge in [-0.1, -0.05) is 25.7 Å². The molecule has 0 saturated carbocycles. The predicted molar refractivity (Wildman–Crippen MR) is 60.1 cm³/mol. The number of rotatable bonds is 11. The Morgan fingerprint density at radius 2 is 1.60 bits per heavy atom. The summed E-state index contributed by atoms with van der Waals surface area (Å²) >= 11 is 0. The third kappa shape index (κ3) is 8.85. The summed E-state index contributed by atoms with van der Waals surface area (Å²) < 4.78 is 15.5. The predicted octanol–water partition coefficient (Wildman–Crippen LogP) is 2.39. The molecule has 0 aromatic carbocycles. The van der Waals surface area contributed by atoms with Crippen LogP contribution in [0.5, 0.6) is 0 Å². The van der Waals surface area contributed by atoms with Crippen molar-refractivity contribution in [3.05, 3.63) is 0 Å². The van der Waals surface area contributed by atoms with E-state index in [1.165, 1.54) is 38.5 Å². The highest BCUT2D eigenvalue weighted by Crippen LogP contribution is 2.09. The van der Waals surface area contributed by atoms with Crippen LogP contribution < -0.4 is 0 Å². The summed E-state index contributed by atoms with van der Waals surface area (Å²) in [6.07, 6.45) is 8.05. The molecule has 1 fully saturated rings. The first kappa shape index (κ1) is 12.9. The maximum Gasteiger partial charge on any atom is 0.104 e. The van der Waals surface area contributed by atoms with Crippen LogP contribution in [0.4, 0.5) is 0 Å². The zero-order chi connectivity index (χ0) is 10.8. The first-order valence-electron chi connectivity index (χ1n) is 6.12. The van der Waals surface area contributed by atoms with Crippen LogP contribution >= 0.6 is 0 Å². The highest BCUT2D eigenvalue weighted by molar-refractivity contribution is 4.66. The zero-order valence-electron chi connectivity index (χ0n) is 9.87. The summed E-state index contributed by atoms with van der Waals surface area (Å²) in [6, 6.07) is 0. The van der Waals surface area contributed by atoms with Crippen LogP contribution in [-0.2, 0) is 14.2 Å². The fourth-order valence-electron chi connectivity index (χ4n) is 1.54. The molecule has 1 aliphatic heterocycles. The second-order valence-corrected chi connectivity index (χ2v) is 4.14. The molecule has 90 valence electrons. The lowest BCUT2D eigenvalue weighted by Crippen LogP contribution is -2.02. The highest BCUT2D eigenvalue weighted by atomic mass is 16.6. The van der Waals surface area contributed by atoms with Gasteiger partial charge in [0.15, 0.2) is 0 Å².